The first-order valence-corrected chi connectivity index (χ1v) is 4.69. The van der Waals surface area contributed by atoms with Crippen LogP contribution in [0, 0.1) is 0 Å². The maximum absolute atomic E-state index is 11.1. The van der Waals surface area contributed by atoms with E-state index in [2.05, 4.69) is 5.32 Å². The Balaban J connectivity index is 3.64. The van der Waals surface area contributed by atoms with Gasteiger partial charge < -0.3 is 20.5 Å². The lowest BCUT2D eigenvalue weighted by Gasteiger charge is -2.20. The summed E-state index contributed by atoms with van der Waals surface area (Å²) in [7, 11) is 0. The molecule has 5 heteroatoms. The lowest BCUT2D eigenvalue weighted by atomic mass is 10.2. The number of alkyl carbamates (subject to hydrolysis) is 1. The van der Waals surface area contributed by atoms with E-state index in [9.17, 15) is 4.79 Å². The average Bonchev–Trinajstić information content (AvgIpc) is 1.98. The van der Waals surface area contributed by atoms with E-state index in [1.165, 1.54) is 0 Å². The van der Waals surface area contributed by atoms with Gasteiger partial charge in [0, 0.05) is 6.61 Å². The Labute approximate surface area is 84.9 Å². The minimum Gasteiger partial charge on any atom is -0.444 e. The summed E-state index contributed by atoms with van der Waals surface area (Å²) >= 11 is 0. The van der Waals surface area contributed by atoms with Crippen LogP contribution in [0.25, 0.3) is 0 Å². The van der Waals surface area contributed by atoms with Crippen molar-refractivity contribution in [1.82, 2.24) is 5.32 Å². The molecular formula is C9H20N2O3. The summed E-state index contributed by atoms with van der Waals surface area (Å²) < 4.78 is 10.0. The number of rotatable bonds is 4. The number of nitrogens with two attached hydrogens (primary N) is 1. The molecule has 1 unspecified atom stereocenters. The molecule has 0 fully saturated rings. The molecule has 0 aromatic carbocycles. The van der Waals surface area contributed by atoms with Crippen LogP contribution in [0.4, 0.5) is 4.79 Å². The zero-order chi connectivity index (χ0) is 11.2. The quantitative estimate of drug-likeness (QED) is 0.665. The summed E-state index contributed by atoms with van der Waals surface area (Å²) in [5, 5.41) is 2.51. The Kier molecular flexibility index (Phi) is 5.49. The SMILES string of the molecule is CCOC(N)CNC(=O)OC(C)(C)C. The van der Waals surface area contributed by atoms with Gasteiger partial charge >= 0.3 is 6.09 Å². The van der Waals surface area contributed by atoms with Gasteiger partial charge in [0.05, 0.1) is 6.54 Å². The first-order chi connectivity index (χ1) is 6.35. The largest absolute Gasteiger partial charge is 0.444 e. The standard InChI is InChI=1S/C9H20N2O3/c1-5-13-7(10)6-11-8(12)14-9(2,3)4/h7H,5-6,10H2,1-4H3,(H,11,12). The summed E-state index contributed by atoms with van der Waals surface area (Å²) in [5.74, 6) is 0. The summed E-state index contributed by atoms with van der Waals surface area (Å²) in [5.41, 5.74) is 5.02. The molecule has 5 nitrogen and oxygen atoms in total. The van der Waals surface area contributed by atoms with Crippen molar-refractivity contribution in [1.29, 1.82) is 0 Å². The van der Waals surface area contributed by atoms with Gasteiger partial charge in [0.15, 0.2) is 0 Å². The fourth-order valence-corrected chi connectivity index (χ4v) is 0.771. The monoisotopic (exact) mass is 204 g/mol. The van der Waals surface area contributed by atoms with Crippen molar-refractivity contribution in [3.05, 3.63) is 0 Å². The highest BCUT2D eigenvalue weighted by Gasteiger charge is 2.16. The number of amides is 1. The molecule has 1 atom stereocenters. The molecule has 1 amide bonds. The second-order valence-corrected chi connectivity index (χ2v) is 3.88. The van der Waals surface area contributed by atoms with Gasteiger partial charge in [0.25, 0.3) is 0 Å². The number of carbonyl (C=O) groups excluding carboxylic acids is 1. The van der Waals surface area contributed by atoms with Crippen molar-refractivity contribution in [2.45, 2.75) is 39.5 Å². The maximum atomic E-state index is 11.1. The highest BCUT2D eigenvalue weighted by molar-refractivity contribution is 5.67. The molecule has 0 spiro atoms. The number of ether oxygens (including phenoxy) is 2. The molecule has 0 aromatic rings. The van der Waals surface area contributed by atoms with Crippen molar-refractivity contribution in [2.75, 3.05) is 13.2 Å². The molecule has 0 radical (unpaired) electrons. The second kappa shape index (κ2) is 5.82. The number of carbonyl (C=O) groups is 1. The zero-order valence-electron chi connectivity index (χ0n) is 9.29. The van der Waals surface area contributed by atoms with Crippen molar-refractivity contribution in [2.24, 2.45) is 5.73 Å². The highest BCUT2D eigenvalue weighted by atomic mass is 16.6. The predicted molar refractivity (Wildman–Crippen MR) is 53.8 cm³/mol. The van der Waals surface area contributed by atoms with Crippen LogP contribution in [-0.4, -0.2) is 31.1 Å². The van der Waals surface area contributed by atoms with Gasteiger partial charge in [-0.25, -0.2) is 4.79 Å². The van der Waals surface area contributed by atoms with E-state index in [4.69, 9.17) is 15.2 Å². The summed E-state index contributed by atoms with van der Waals surface area (Å²) in [4.78, 5) is 11.1. The molecule has 0 saturated heterocycles. The van der Waals surface area contributed by atoms with E-state index in [1.807, 2.05) is 6.92 Å². The normalized spacial score (nSPS) is 13.5. The van der Waals surface area contributed by atoms with Crippen molar-refractivity contribution in [3.8, 4) is 0 Å². The summed E-state index contributed by atoms with van der Waals surface area (Å²) in [6, 6.07) is 0. The third-order valence-corrected chi connectivity index (χ3v) is 1.23. The summed E-state index contributed by atoms with van der Waals surface area (Å²) in [6.45, 7) is 8.02. The molecule has 0 rings (SSSR count). The third-order valence-electron chi connectivity index (χ3n) is 1.23. The molecule has 0 aliphatic rings. The lowest BCUT2D eigenvalue weighted by molar-refractivity contribution is 0.0397. The van der Waals surface area contributed by atoms with Crippen LogP contribution in [0.5, 0.6) is 0 Å². The van der Waals surface area contributed by atoms with E-state index < -0.39 is 17.9 Å². The van der Waals surface area contributed by atoms with Gasteiger partial charge in [-0.15, -0.1) is 0 Å². The molecule has 0 aliphatic heterocycles. The van der Waals surface area contributed by atoms with Crippen LogP contribution in [0.15, 0.2) is 0 Å². The Morgan fingerprint density at radius 1 is 1.50 bits per heavy atom. The smallest absolute Gasteiger partial charge is 0.407 e. The van der Waals surface area contributed by atoms with Gasteiger partial charge in [-0.05, 0) is 27.7 Å². The lowest BCUT2D eigenvalue weighted by Crippen LogP contribution is -2.41. The molecular weight excluding hydrogens is 184 g/mol. The van der Waals surface area contributed by atoms with Crippen LogP contribution in [-0.2, 0) is 9.47 Å². The van der Waals surface area contributed by atoms with E-state index >= 15 is 0 Å². The number of hydrogen-bond acceptors (Lipinski definition) is 4. The fraction of sp³-hybridized carbons (Fsp3) is 0.889. The molecule has 0 saturated carbocycles. The summed E-state index contributed by atoms with van der Waals surface area (Å²) in [6.07, 6.45) is -0.958. The van der Waals surface area contributed by atoms with Crippen molar-refractivity contribution >= 4 is 6.09 Å². The van der Waals surface area contributed by atoms with Crippen molar-refractivity contribution < 1.29 is 14.3 Å². The van der Waals surface area contributed by atoms with E-state index in [-0.39, 0.29) is 6.54 Å². The van der Waals surface area contributed by atoms with Gasteiger partial charge in [0.1, 0.15) is 11.8 Å². The van der Waals surface area contributed by atoms with Crippen LogP contribution in [0.2, 0.25) is 0 Å². The van der Waals surface area contributed by atoms with Crippen LogP contribution >= 0.6 is 0 Å². The first kappa shape index (κ1) is 13.2. The van der Waals surface area contributed by atoms with E-state index in [1.54, 1.807) is 20.8 Å². The molecule has 84 valence electrons. The van der Waals surface area contributed by atoms with Gasteiger partial charge in [-0.3, -0.25) is 0 Å². The van der Waals surface area contributed by atoms with Gasteiger partial charge in [0.2, 0.25) is 0 Å². The van der Waals surface area contributed by atoms with E-state index in [0.29, 0.717) is 6.61 Å². The number of nitrogens with one attached hydrogen (secondary N) is 1. The Morgan fingerprint density at radius 3 is 2.50 bits per heavy atom. The van der Waals surface area contributed by atoms with Crippen LogP contribution in [0.3, 0.4) is 0 Å². The van der Waals surface area contributed by atoms with E-state index in [0.717, 1.165) is 0 Å². The molecule has 0 heterocycles. The minimum absolute atomic E-state index is 0.253. The number of hydrogen-bond donors (Lipinski definition) is 2. The topological polar surface area (TPSA) is 73.6 Å². The molecule has 14 heavy (non-hydrogen) atoms. The molecule has 0 aliphatic carbocycles. The average molecular weight is 204 g/mol. The Bertz CT molecular complexity index is 177. The fourth-order valence-electron chi connectivity index (χ4n) is 0.771. The highest BCUT2D eigenvalue weighted by Crippen LogP contribution is 2.06. The van der Waals surface area contributed by atoms with Gasteiger partial charge in [-0.1, -0.05) is 0 Å². The zero-order valence-corrected chi connectivity index (χ0v) is 9.29. The molecule has 0 aromatic heterocycles. The third kappa shape index (κ3) is 7.82. The van der Waals surface area contributed by atoms with Gasteiger partial charge in [-0.2, -0.15) is 0 Å². The minimum atomic E-state index is -0.486. The molecule has 3 N–H and O–H groups in total. The first-order valence-electron chi connectivity index (χ1n) is 4.69. The molecule has 0 bridgehead atoms. The second-order valence-electron chi connectivity index (χ2n) is 3.88. The Hall–Kier alpha value is -0.810. The van der Waals surface area contributed by atoms with Crippen LogP contribution < -0.4 is 11.1 Å². The van der Waals surface area contributed by atoms with Crippen LogP contribution in [0.1, 0.15) is 27.7 Å². The maximum Gasteiger partial charge on any atom is 0.407 e. The Morgan fingerprint density at radius 2 is 2.07 bits per heavy atom. The van der Waals surface area contributed by atoms with Crippen molar-refractivity contribution in [3.63, 3.8) is 0 Å². The predicted octanol–water partition coefficient (Wildman–Crippen LogP) is 0.832.